The van der Waals surface area contributed by atoms with E-state index in [-0.39, 0.29) is 17.0 Å². The first-order valence-corrected chi connectivity index (χ1v) is 7.97. The Hall–Kier alpha value is -1.02. The second-order valence-electron chi connectivity index (χ2n) is 4.37. The maximum Gasteiger partial charge on any atom is 0.240 e. The number of hydrogen-bond donors (Lipinski definition) is 2. The average Bonchev–Trinajstić information content (AvgIpc) is 2.42. The highest BCUT2D eigenvalue weighted by atomic mass is 32.2. The van der Waals surface area contributed by atoms with Gasteiger partial charge in [0.2, 0.25) is 10.0 Å². The van der Waals surface area contributed by atoms with Crippen molar-refractivity contribution in [2.24, 2.45) is 5.73 Å². The first kappa shape index (κ1) is 17.0. The van der Waals surface area contributed by atoms with E-state index in [2.05, 4.69) is 4.72 Å². The van der Waals surface area contributed by atoms with Gasteiger partial charge in [0.15, 0.2) is 0 Å². The number of hydrogen-bond acceptors (Lipinski definition) is 4. The van der Waals surface area contributed by atoms with Crippen LogP contribution in [0.1, 0.15) is 24.8 Å². The van der Waals surface area contributed by atoms with Gasteiger partial charge in [0, 0.05) is 32.4 Å². The van der Waals surface area contributed by atoms with Crippen LogP contribution in [0.2, 0.25) is 0 Å². The molecule has 0 radical (unpaired) electrons. The van der Waals surface area contributed by atoms with Crippen LogP contribution in [0.3, 0.4) is 0 Å². The lowest BCUT2D eigenvalue weighted by molar-refractivity contribution is 0.192. The molecule has 1 aromatic carbocycles. The van der Waals surface area contributed by atoms with E-state index in [1.54, 1.807) is 7.11 Å². The van der Waals surface area contributed by atoms with E-state index >= 15 is 0 Å². The molecule has 0 saturated heterocycles. The van der Waals surface area contributed by atoms with E-state index in [4.69, 9.17) is 10.5 Å². The van der Waals surface area contributed by atoms with Crippen molar-refractivity contribution in [3.63, 3.8) is 0 Å². The summed E-state index contributed by atoms with van der Waals surface area (Å²) < 4.78 is 45.1. The number of nitrogens with one attached hydrogen (secondary N) is 1. The molecule has 5 nitrogen and oxygen atoms in total. The van der Waals surface area contributed by atoms with E-state index in [9.17, 15) is 12.8 Å². The van der Waals surface area contributed by atoms with Gasteiger partial charge in [-0.05, 0) is 31.4 Å². The number of ether oxygens (including phenoxy) is 1. The average molecular weight is 304 g/mol. The molecule has 0 aliphatic heterocycles. The van der Waals surface area contributed by atoms with Gasteiger partial charge in [0.1, 0.15) is 5.82 Å². The fourth-order valence-corrected chi connectivity index (χ4v) is 3.15. The maximum absolute atomic E-state index is 13.5. The number of benzene rings is 1. The van der Waals surface area contributed by atoms with Gasteiger partial charge >= 0.3 is 0 Å². The van der Waals surface area contributed by atoms with Crippen LogP contribution in [0.4, 0.5) is 4.39 Å². The summed E-state index contributed by atoms with van der Waals surface area (Å²) in [5, 5.41) is 0. The molecule has 0 spiro atoms. The van der Waals surface area contributed by atoms with Gasteiger partial charge in [-0.3, -0.25) is 0 Å². The standard InChI is InChI=1S/C13H21FN2O3S/c1-19-9-4-2-3-8-16-20(17,18)13-7-5-6-12(14)11(13)10-15/h5-7,16H,2-4,8-10,15H2,1H3. The predicted octanol–water partition coefficient (Wildman–Crippen LogP) is 1.38. The SMILES string of the molecule is COCCCCCNS(=O)(=O)c1cccc(F)c1CN. The van der Waals surface area contributed by atoms with Crippen LogP contribution in [0.5, 0.6) is 0 Å². The number of sulfonamides is 1. The van der Waals surface area contributed by atoms with Gasteiger partial charge in [-0.15, -0.1) is 0 Å². The summed E-state index contributed by atoms with van der Waals surface area (Å²) in [5.41, 5.74) is 5.43. The molecule has 1 rings (SSSR count). The topological polar surface area (TPSA) is 81.4 Å². The van der Waals surface area contributed by atoms with Crippen molar-refractivity contribution in [2.45, 2.75) is 30.7 Å². The Balaban J connectivity index is 2.63. The molecule has 0 aliphatic carbocycles. The Morgan fingerprint density at radius 3 is 2.70 bits per heavy atom. The highest BCUT2D eigenvalue weighted by Crippen LogP contribution is 2.18. The Kier molecular flexibility index (Phi) is 7.08. The molecule has 0 fully saturated rings. The zero-order chi connectivity index (χ0) is 15.0. The monoisotopic (exact) mass is 304 g/mol. The summed E-state index contributed by atoms with van der Waals surface area (Å²) in [6.45, 7) is 0.817. The van der Waals surface area contributed by atoms with Crippen LogP contribution in [0.25, 0.3) is 0 Å². The molecule has 3 N–H and O–H groups in total. The molecule has 0 aromatic heterocycles. The molecule has 0 amide bonds. The van der Waals surface area contributed by atoms with Gasteiger partial charge < -0.3 is 10.5 Å². The summed E-state index contributed by atoms with van der Waals surface area (Å²) in [6, 6.07) is 3.92. The Labute approximate surface area is 119 Å². The molecule has 1 aromatic rings. The minimum Gasteiger partial charge on any atom is -0.385 e. The van der Waals surface area contributed by atoms with E-state index in [1.807, 2.05) is 0 Å². The third-order valence-electron chi connectivity index (χ3n) is 2.89. The van der Waals surface area contributed by atoms with Crippen molar-refractivity contribution in [3.05, 3.63) is 29.6 Å². The van der Waals surface area contributed by atoms with Crippen molar-refractivity contribution >= 4 is 10.0 Å². The summed E-state index contributed by atoms with van der Waals surface area (Å²) >= 11 is 0. The molecule has 0 bridgehead atoms. The van der Waals surface area contributed by atoms with E-state index in [1.165, 1.54) is 18.2 Å². The molecule has 0 saturated carbocycles. The molecule has 20 heavy (non-hydrogen) atoms. The van der Waals surface area contributed by atoms with Crippen LogP contribution in [0, 0.1) is 5.82 Å². The highest BCUT2D eigenvalue weighted by Gasteiger charge is 2.19. The maximum atomic E-state index is 13.5. The van der Waals surface area contributed by atoms with Crippen molar-refractivity contribution in [2.75, 3.05) is 20.3 Å². The van der Waals surface area contributed by atoms with Gasteiger partial charge in [-0.1, -0.05) is 6.07 Å². The normalized spacial score (nSPS) is 11.8. The lowest BCUT2D eigenvalue weighted by Gasteiger charge is -2.11. The molecular formula is C13H21FN2O3S. The Morgan fingerprint density at radius 1 is 1.30 bits per heavy atom. The van der Waals surface area contributed by atoms with E-state index in [0.717, 1.165) is 12.8 Å². The largest absolute Gasteiger partial charge is 0.385 e. The van der Waals surface area contributed by atoms with Crippen LogP contribution in [0.15, 0.2) is 23.1 Å². The number of halogens is 1. The first-order valence-electron chi connectivity index (χ1n) is 6.49. The summed E-state index contributed by atoms with van der Waals surface area (Å²) in [5.74, 6) is -0.601. The van der Waals surface area contributed by atoms with Gasteiger partial charge in [-0.2, -0.15) is 0 Å². The molecule has 114 valence electrons. The van der Waals surface area contributed by atoms with Crippen LogP contribution < -0.4 is 10.5 Å². The third-order valence-corrected chi connectivity index (χ3v) is 4.43. The number of rotatable bonds is 9. The van der Waals surface area contributed by atoms with Gasteiger partial charge in [0.25, 0.3) is 0 Å². The van der Waals surface area contributed by atoms with Gasteiger partial charge in [0.05, 0.1) is 4.90 Å². The quantitative estimate of drug-likeness (QED) is 0.675. The number of methoxy groups -OCH3 is 1. The lowest BCUT2D eigenvalue weighted by atomic mass is 10.2. The fourth-order valence-electron chi connectivity index (χ4n) is 1.82. The minimum absolute atomic E-state index is 0.0133. The molecule has 0 heterocycles. The van der Waals surface area contributed by atoms with Crippen molar-refractivity contribution in [3.8, 4) is 0 Å². The van der Waals surface area contributed by atoms with Crippen molar-refractivity contribution in [1.82, 2.24) is 4.72 Å². The van der Waals surface area contributed by atoms with Crippen molar-refractivity contribution < 1.29 is 17.5 Å². The molecular weight excluding hydrogens is 283 g/mol. The number of nitrogens with two attached hydrogens (primary N) is 1. The van der Waals surface area contributed by atoms with Crippen LogP contribution in [-0.2, 0) is 21.3 Å². The first-order chi connectivity index (χ1) is 9.53. The smallest absolute Gasteiger partial charge is 0.240 e. The zero-order valence-corrected chi connectivity index (χ0v) is 12.4. The summed E-state index contributed by atoms with van der Waals surface area (Å²) in [7, 11) is -2.09. The number of unbranched alkanes of at least 4 members (excludes halogenated alkanes) is 2. The fraction of sp³-hybridized carbons (Fsp3) is 0.538. The Morgan fingerprint density at radius 2 is 2.05 bits per heavy atom. The predicted molar refractivity (Wildman–Crippen MR) is 75.2 cm³/mol. The second kappa shape index (κ2) is 8.31. The molecule has 7 heteroatoms. The van der Waals surface area contributed by atoms with Crippen LogP contribution >= 0.6 is 0 Å². The second-order valence-corrected chi connectivity index (χ2v) is 6.11. The van der Waals surface area contributed by atoms with Gasteiger partial charge in [-0.25, -0.2) is 17.5 Å². The molecule has 0 atom stereocenters. The van der Waals surface area contributed by atoms with Crippen LogP contribution in [-0.4, -0.2) is 28.7 Å². The highest BCUT2D eigenvalue weighted by molar-refractivity contribution is 7.89. The molecule has 0 aliphatic rings. The minimum atomic E-state index is -3.72. The Bertz CT molecular complexity index is 520. The third kappa shape index (κ3) is 4.82. The van der Waals surface area contributed by atoms with E-state index < -0.39 is 15.8 Å². The lowest BCUT2D eigenvalue weighted by Crippen LogP contribution is -2.26. The summed E-state index contributed by atoms with van der Waals surface area (Å²) in [6.07, 6.45) is 2.45. The zero-order valence-electron chi connectivity index (χ0n) is 11.6. The van der Waals surface area contributed by atoms with Crippen molar-refractivity contribution in [1.29, 1.82) is 0 Å². The summed E-state index contributed by atoms with van der Waals surface area (Å²) in [4.78, 5) is -0.0862. The molecule has 0 unspecified atom stereocenters. The van der Waals surface area contributed by atoms with E-state index in [0.29, 0.717) is 19.6 Å².